The van der Waals surface area contributed by atoms with Gasteiger partial charge in [0.1, 0.15) is 0 Å². The number of aryl methyl sites for hydroxylation is 1. The lowest BCUT2D eigenvalue weighted by Gasteiger charge is -2.13. The Bertz CT molecular complexity index is 623. The molecule has 3 nitrogen and oxygen atoms in total. The SMILES string of the molecule is CCc1ccc(Oc2c(Cl)cccc2C=O)c(OC)c1. The van der Waals surface area contributed by atoms with Crippen molar-refractivity contribution in [3.8, 4) is 17.2 Å². The van der Waals surface area contributed by atoms with Crippen LogP contribution in [0.3, 0.4) is 0 Å². The van der Waals surface area contributed by atoms with E-state index < -0.39 is 0 Å². The van der Waals surface area contributed by atoms with Crippen molar-refractivity contribution in [3.63, 3.8) is 0 Å². The lowest BCUT2D eigenvalue weighted by atomic mass is 10.1. The molecule has 0 heterocycles. The van der Waals surface area contributed by atoms with E-state index in [9.17, 15) is 4.79 Å². The third-order valence-corrected chi connectivity index (χ3v) is 3.27. The van der Waals surface area contributed by atoms with Gasteiger partial charge in [0, 0.05) is 0 Å². The number of methoxy groups -OCH3 is 1. The highest BCUT2D eigenvalue weighted by Gasteiger charge is 2.12. The summed E-state index contributed by atoms with van der Waals surface area (Å²) in [4.78, 5) is 11.1. The number of halogens is 1. The summed E-state index contributed by atoms with van der Waals surface area (Å²) in [6, 6.07) is 10.7. The van der Waals surface area contributed by atoms with E-state index in [1.807, 2.05) is 18.2 Å². The molecular weight excluding hydrogens is 276 g/mol. The van der Waals surface area contributed by atoms with E-state index in [0.29, 0.717) is 34.1 Å². The van der Waals surface area contributed by atoms with E-state index in [-0.39, 0.29) is 0 Å². The molecule has 0 aliphatic carbocycles. The zero-order valence-electron chi connectivity index (χ0n) is 11.4. The fourth-order valence-electron chi connectivity index (χ4n) is 1.85. The topological polar surface area (TPSA) is 35.5 Å². The molecule has 0 saturated heterocycles. The van der Waals surface area contributed by atoms with Gasteiger partial charge in [-0.25, -0.2) is 0 Å². The Morgan fingerprint density at radius 1 is 1.20 bits per heavy atom. The van der Waals surface area contributed by atoms with Gasteiger partial charge >= 0.3 is 0 Å². The molecule has 0 aliphatic heterocycles. The van der Waals surface area contributed by atoms with E-state index in [1.165, 1.54) is 0 Å². The van der Waals surface area contributed by atoms with Gasteiger partial charge in [-0.1, -0.05) is 30.7 Å². The first-order valence-corrected chi connectivity index (χ1v) is 6.65. The number of carbonyl (C=O) groups is 1. The van der Waals surface area contributed by atoms with Gasteiger partial charge in [-0.2, -0.15) is 0 Å². The number of rotatable bonds is 5. The van der Waals surface area contributed by atoms with Crippen molar-refractivity contribution in [2.24, 2.45) is 0 Å². The molecular formula is C16H15ClO3. The van der Waals surface area contributed by atoms with Crippen LogP contribution < -0.4 is 9.47 Å². The Morgan fingerprint density at radius 2 is 2.00 bits per heavy atom. The molecule has 104 valence electrons. The summed E-state index contributed by atoms with van der Waals surface area (Å²) in [5.41, 5.74) is 1.54. The Hall–Kier alpha value is -2.00. The number of carbonyl (C=O) groups excluding carboxylic acids is 1. The molecule has 0 radical (unpaired) electrons. The first-order valence-electron chi connectivity index (χ1n) is 6.28. The monoisotopic (exact) mass is 290 g/mol. The minimum atomic E-state index is 0.340. The van der Waals surface area contributed by atoms with Crippen LogP contribution in [-0.2, 0) is 6.42 Å². The summed E-state index contributed by atoms with van der Waals surface area (Å²) in [7, 11) is 1.58. The van der Waals surface area contributed by atoms with Gasteiger partial charge in [-0.05, 0) is 36.2 Å². The number of para-hydroxylation sites is 1. The van der Waals surface area contributed by atoms with Crippen LogP contribution in [0.5, 0.6) is 17.2 Å². The summed E-state index contributed by atoms with van der Waals surface area (Å²) in [6.45, 7) is 2.06. The zero-order valence-corrected chi connectivity index (χ0v) is 12.1. The van der Waals surface area contributed by atoms with E-state index in [2.05, 4.69) is 6.92 Å². The standard InChI is InChI=1S/C16H15ClO3/c1-3-11-7-8-14(15(9-11)19-2)20-16-12(10-18)5-4-6-13(16)17/h4-10H,3H2,1-2H3. The Kier molecular flexibility index (Phi) is 4.64. The molecule has 2 aromatic carbocycles. The fourth-order valence-corrected chi connectivity index (χ4v) is 2.07. The molecule has 0 atom stereocenters. The van der Waals surface area contributed by atoms with Gasteiger partial charge in [0.2, 0.25) is 0 Å². The average Bonchev–Trinajstić information content (AvgIpc) is 2.49. The van der Waals surface area contributed by atoms with Crippen molar-refractivity contribution in [1.29, 1.82) is 0 Å². The van der Waals surface area contributed by atoms with Crippen molar-refractivity contribution in [2.45, 2.75) is 13.3 Å². The van der Waals surface area contributed by atoms with E-state index in [0.717, 1.165) is 12.0 Å². The summed E-state index contributed by atoms with van der Waals surface area (Å²) in [6.07, 6.45) is 1.62. The fraction of sp³-hybridized carbons (Fsp3) is 0.188. The maximum absolute atomic E-state index is 11.1. The van der Waals surface area contributed by atoms with Gasteiger partial charge in [-0.15, -0.1) is 0 Å². The molecule has 2 aromatic rings. The van der Waals surface area contributed by atoms with Crippen molar-refractivity contribution in [2.75, 3.05) is 7.11 Å². The number of hydrogen-bond donors (Lipinski definition) is 0. The minimum Gasteiger partial charge on any atom is -0.493 e. The molecule has 4 heteroatoms. The highest BCUT2D eigenvalue weighted by molar-refractivity contribution is 6.32. The van der Waals surface area contributed by atoms with Crippen LogP contribution in [0.15, 0.2) is 36.4 Å². The molecule has 0 amide bonds. The maximum atomic E-state index is 11.1. The highest BCUT2D eigenvalue weighted by atomic mass is 35.5. The first kappa shape index (κ1) is 14.4. The lowest BCUT2D eigenvalue weighted by molar-refractivity contribution is 0.112. The van der Waals surface area contributed by atoms with E-state index >= 15 is 0 Å². The lowest BCUT2D eigenvalue weighted by Crippen LogP contribution is -1.95. The van der Waals surface area contributed by atoms with Crippen LogP contribution in [0.4, 0.5) is 0 Å². The van der Waals surface area contributed by atoms with Crippen LogP contribution in [0.25, 0.3) is 0 Å². The summed E-state index contributed by atoms with van der Waals surface area (Å²) < 4.78 is 11.1. The third kappa shape index (κ3) is 2.94. The molecule has 0 spiro atoms. The smallest absolute Gasteiger partial charge is 0.169 e. The van der Waals surface area contributed by atoms with E-state index in [4.69, 9.17) is 21.1 Å². The predicted molar refractivity (Wildman–Crippen MR) is 79.3 cm³/mol. The van der Waals surface area contributed by atoms with Crippen LogP contribution in [0, 0.1) is 0 Å². The van der Waals surface area contributed by atoms with Crippen LogP contribution in [-0.4, -0.2) is 13.4 Å². The second-order valence-corrected chi connectivity index (χ2v) is 4.62. The highest BCUT2D eigenvalue weighted by Crippen LogP contribution is 2.37. The molecule has 0 aromatic heterocycles. The second kappa shape index (κ2) is 6.44. The summed E-state index contributed by atoms with van der Waals surface area (Å²) in [5, 5.41) is 0.385. The molecule has 0 fully saturated rings. The van der Waals surface area contributed by atoms with Crippen LogP contribution in [0.2, 0.25) is 5.02 Å². The van der Waals surface area contributed by atoms with Crippen molar-refractivity contribution >= 4 is 17.9 Å². The van der Waals surface area contributed by atoms with Crippen LogP contribution in [0.1, 0.15) is 22.8 Å². The van der Waals surface area contributed by atoms with Crippen molar-refractivity contribution in [3.05, 3.63) is 52.5 Å². The number of ether oxygens (including phenoxy) is 2. The van der Waals surface area contributed by atoms with Gasteiger partial charge < -0.3 is 9.47 Å². The number of aldehydes is 1. The Labute approximate surface area is 123 Å². The number of benzene rings is 2. The van der Waals surface area contributed by atoms with Crippen molar-refractivity contribution in [1.82, 2.24) is 0 Å². The van der Waals surface area contributed by atoms with Gasteiger partial charge in [0.25, 0.3) is 0 Å². The predicted octanol–water partition coefficient (Wildman–Crippen LogP) is 4.52. The Morgan fingerprint density at radius 3 is 2.65 bits per heavy atom. The molecule has 0 unspecified atom stereocenters. The second-order valence-electron chi connectivity index (χ2n) is 4.22. The van der Waals surface area contributed by atoms with Crippen molar-refractivity contribution < 1.29 is 14.3 Å². The van der Waals surface area contributed by atoms with Gasteiger partial charge in [0.05, 0.1) is 17.7 Å². The molecule has 20 heavy (non-hydrogen) atoms. The zero-order chi connectivity index (χ0) is 14.5. The summed E-state index contributed by atoms with van der Waals surface area (Å²) >= 11 is 6.09. The first-order chi connectivity index (χ1) is 9.69. The largest absolute Gasteiger partial charge is 0.493 e. The molecule has 2 rings (SSSR count). The van der Waals surface area contributed by atoms with Gasteiger partial charge in [-0.3, -0.25) is 4.79 Å². The normalized spacial score (nSPS) is 10.2. The Balaban J connectivity index is 2.42. The van der Waals surface area contributed by atoms with Gasteiger partial charge in [0.15, 0.2) is 23.5 Å². The molecule has 0 aliphatic rings. The third-order valence-electron chi connectivity index (χ3n) is 2.97. The average molecular weight is 291 g/mol. The molecule has 0 bridgehead atoms. The molecule has 0 saturated carbocycles. The van der Waals surface area contributed by atoms with Crippen LogP contribution >= 0.6 is 11.6 Å². The summed E-state index contributed by atoms with van der Waals surface area (Å²) in [5.74, 6) is 1.48. The quantitative estimate of drug-likeness (QED) is 0.760. The number of hydrogen-bond acceptors (Lipinski definition) is 3. The van der Waals surface area contributed by atoms with E-state index in [1.54, 1.807) is 25.3 Å². The maximum Gasteiger partial charge on any atom is 0.169 e. The minimum absolute atomic E-state index is 0.340. The molecule has 0 N–H and O–H groups in total.